The minimum atomic E-state index is -0.410. The number of carbonyl (C=O) groups excluding carboxylic acids is 1. The van der Waals surface area contributed by atoms with Crippen molar-refractivity contribution >= 4 is 5.97 Å². The minimum absolute atomic E-state index is 0.0522. The standard InChI is InChI=1S/C14H15FO3/c1-9-13(10-4-6-11(15)7-5-10)12(3-2-8-16)18-14(9)17/h4-7,12-13,16H,1-3,8H2. The van der Waals surface area contributed by atoms with E-state index in [1.54, 1.807) is 12.1 Å². The summed E-state index contributed by atoms with van der Waals surface area (Å²) in [5.74, 6) is -0.974. The number of benzene rings is 1. The van der Waals surface area contributed by atoms with E-state index in [1.165, 1.54) is 12.1 Å². The van der Waals surface area contributed by atoms with Gasteiger partial charge < -0.3 is 9.84 Å². The Morgan fingerprint density at radius 2 is 2.00 bits per heavy atom. The maximum absolute atomic E-state index is 12.9. The van der Waals surface area contributed by atoms with Crippen molar-refractivity contribution in [3.63, 3.8) is 0 Å². The SMILES string of the molecule is C=C1C(=O)OC(CCCO)C1c1ccc(F)cc1. The van der Waals surface area contributed by atoms with Gasteiger partial charge in [-0.1, -0.05) is 18.7 Å². The van der Waals surface area contributed by atoms with Crippen molar-refractivity contribution in [3.05, 3.63) is 47.8 Å². The molecule has 0 aliphatic carbocycles. The first-order valence-corrected chi connectivity index (χ1v) is 5.89. The Morgan fingerprint density at radius 3 is 2.61 bits per heavy atom. The zero-order chi connectivity index (χ0) is 13.1. The van der Waals surface area contributed by atoms with Gasteiger partial charge in [-0.2, -0.15) is 0 Å². The average Bonchev–Trinajstić information content (AvgIpc) is 2.64. The molecule has 2 atom stereocenters. The fourth-order valence-electron chi connectivity index (χ4n) is 2.24. The number of aliphatic hydroxyl groups is 1. The molecule has 0 saturated carbocycles. The Labute approximate surface area is 105 Å². The molecule has 1 aromatic carbocycles. The van der Waals surface area contributed by atoms with Gasteiger partial charge in [-0.05, 0) is 30.5 Å². The van der Waals surface area contributed by atoms with Crippen LogP contribution in [0.4, 0.5) is 4.39 Å². The molecule has 0 amide bonds. The lowest BCUT2D eigenvalue weighted by Crippen LogP contribution is -2.15. The molecule has 0 radical (unpaired) electrons. The van der Waals surface area contributed by atoms with Crippen LogP contribution in [0.5, 0.6) is 0 Å². The fraction of sp³-hybridized carbons (Fsp3) is 0.357. The molecule has 96 valence electrons. The average molecular weight is 250 g/mol. The third kappa shape index (κ3) is 2.43. The number of ether oxygens (including phenoxy) is 1. The van der Waals surface area contributed by atoms with Gasteiger partial charge in [0.05, 0.1) is 5.92 Å². The first kappa shape index (κ1) is 12.8. The molecule has 1 saturated heterocycles. The van der Waals surface area contributed by atoms with E-state index in [9.17, 15) is 9.18 Å². The van der Waals surface area contributed by atoms with E-state index in [0.29, 0.717) is 18.4 Å². The van der Waals surface area contributed by atoms with Crippen LogP contribution in [-0.4, -0.2) is 23.8 Å². The summed E-state index contributed by atoms with van der Waals surface area (Å²) in [6.07, 6.45) is 0.814. The van der Waals surface area contributed by atoms with Gasteiger partial charge in [0.15, 0.2) is 0 Å². The number of aliphatic hydroxyl groups excluding tert-OH is 1. The second-order valence-electron chi connectivity index (χ2n) is 4.36. The Bertz CT molecular complexity index is 453. The molecule has 4 heteroatoms. The number of carbonyl (C=O) groups is 1. The topological polar surface area (TPSA) is 46.5 Å². The van der Waals surface area contributed by atoms with E-state index in [2.05, 4.69) is 6.58 Å². The third-order valence-electron chi connectivity index (χ3n) is 3.14. The van der Waals surface area contributed by atoms with Crippen molar-refractivity contribution in [2.45, 2.75) is 24.9 Å². The van der Waals surface area contributed by atoms with Crippen LogP contribution >= 0.6 is 0 Å². The van der Waals surface area contributed by atoms with Crippen LogP contribution in [0.3, 0.4) is 0 Å². The summed E-state index contributed by atoms with van der Waals surface area (Å²) in [6, 6.07) is 5.99. The van der Waals surface area contributed by atoms with Gasteiger partial charge in [0.1, 0.15) is 11.9 Å². The highest BCUT2D eigenvalue weighted by molar-refractivity contribution is 5.92. The van der Waals surface area contributed by atoms with Gasteiger partial charge >= 0.3 is 5.97 Å². The van der Waals surface area contributed by atoms with Crippen LogP contribution in [-0.2, 0) is 9.53 Å². The number of halogens is 1. The zero-order valence-electron chi connectivity index (χ0n) is 9.93. The molecule has 1 heterocycles. The van der Waals surface area contributed by atoms with E-state index in [-0.39, 0.29) is 24.4 Å². The van der Waals surface area contributed by atoms with Gasteiger partial charge in [-0.15, -0.1) is 0 Å². The van der Waals surface area contributed by atoms with E-state index in [1.807, 2.05) is 0 Å². The number of hydrogen-bond acceptors (Lipinski definition) is 3. The van der Waals surface area contributed by atoms with E-state index < -0.39 is 5.97 Å². The summed E-state index contributed by atoms with van der Waals surface area (Å²) in [5, 5.41) is 8.84. The minimum Gasteiger partial charge on any atom is -0.458 e. The normalized spacial score (nSPS) is 23.2. The van der Waals surface area contributed by atoms with Gasteiger partial charge in [0.2, 0.25) is 0 Å². The first-order valence-electron chi connectivity index (χ1n) is 5.89. The van der Waals surface area contributed by atoms with Crippen molar-refractivity contribution in [2.24, 2.45) is 0 Å². The highest BCUT2D eigenvalue weighted by atomic mass is 19.1. The van der Waals surface area contributed by atoms with Crippen LogP contribution in [0.25, 0.3) is 0 Å². The van der Waals surface area contributed by atoms with Crippen LogP contribution in [0.2, 0.25) is 0 Å². The summed E-state index contributed by atoms with van der Waals surface area (Å²) in [4.78, 5) is 11.5. The lowest BCUT2D eigenvalue weighted by molar-refractivity contribution is -0.139. The van der Waals surface area contributed by atoms with E-state index in [4.69, 9.17) is 9.84 Å². The molecule has 1 fully saturated rings. The van der Waals surface area contributed by atoms with Gasteiger partial charge in [-0.25, -0.2) is 9.18 Å². The Balaban J connectivity index is 2.23. The molecular formula is C14H15FO3. The zero-order valence-corrected chi connectivity index (χ0v) is 9.93. The predicted octanol–water partition coefficient (Wildman–Crippen LogP) is 2.16. The van der Waals surface area contributed by atoms with Crippen molar-refractivity contribution in [1.29, 1.82) is 0 Å². The number of cyclic esters (lactones) is 1. The summed E-state index contributed by atoms with van der Waals surface area (Å²) < 4.78 is 18.1. The Hall–Kier alpha value is -1.68. The van der Waals surface area contributed by atoms with Crippen LogP contribution < -0.4 is 0 Å². The Kier molecular flexibility index (Phi) is 3.77. The fourth-order valence-corrected chi connectivity index (χ4v) is 2.24. The van der Waals surface area contributed by atoms with Crippen LogP contribution in [0, 0.1) is 5.82 Å². The van der Waals surface area contributed by atoms with Crippen molar-refractivity contribution < 1.29 is 19.0 Å². The molecule has 18 heavy (non-hydrogen) atoms. The van der Waals surface area contributed by atoms with Crippen molar-refractivity contribution in [1.82, 2.24) is 0 Å². The van der Waals surface area contributed by atoms with Crippen molar-refractivity contribution in [2.75, 3.05) is 6.61 Å². The molecule has 1 N–H and O–H groups in total. The molecular weight excluding hydrogens is 235 g/mol. The van der Waals surface area contributed by atoms with Crippen molar-refractivity contribution in [3.8, 4) is 0 Å². The van der Waals surface area contributed by atoms with Crippen LogP contribution in [0.1, 0.15) is 24.3 Å². The maximum atomic E-state index is 12.9. The molecule has 0 spiro atoms. The van der Waals surface area contributed by atoms with Gasteiger partial charge in [0, 0.05) is 12.2 Å². The largest absolute Gasteiger partial charge is 0.458 e. The number of rotatable bonds is 4. The van der Waals surface area contributed by atoms with E-state index >= 15 is 0 Å². The Morgan fingerprint density at radius 1 is 1.33 bits per heavy atom. The summed E-state index contributed by atoms with van der Waals surface area (Å²) in [6.45, 7) is 3.80. The number of hydrogen-bond donors (Lipinski definition) is 1. The predicted molar refractivity (Wildman–Crippen MR) is 64.5 cm³/mol. The molecule has 2 unspecified atom stereocenters. The third-order valence-corrected chi connectivity index (χ3v) is 3.14. The lowest BCUT2D eigenvalue weighted by atomic mass is 9.87. The lowest BCUT2D eigenvalue weighted by Gasteiger charge is -2.17. The highest BCUT2D eigenvalue weighted by Crippen LogP contribution is 2.37. The summed E-state index contributed by atoms with van der Waals surface area (Å²) in [7, 11) is 0. The molecule has 2 rings (SSSR count). The smallest absolute Gasteiger partial charge is 0.334 e. The van der Waals surface area contributed by atoms with Crippen LogP contribution in [0.15, 0.2) is 36.4 Å². The molecule has 1 aliphatic rings. The van der Waals surface area contributed by atoms with Gasteiger partial charge in [-0.3, -0.25) is 0 Å². The molecule has 3 nitrogen and oxygen atoms in total. The number of esters is 1. The first-order chi connectivity index (χ1) is 8.63. The molecule has 1 aliphatic heterocycles. The monoisotopic (exact) mass is 250 g/mol. The molecule has 0 aromatic heterocycles. The molecule has 1 aromatic rings. The molecule has 0 bridgehead atoms. The summed E-state index contributed by atoms with van der Waals surface area (Å²) >= 11 is 0. The summed E-state index contributed by atoms with van der Waals surface area (Å²) in [5.41, 5.74) is 1.21. The maximum Gasteiger partial charge on any atom is 0.334 e. The quantitative estimate of drug-likeness (QED) is 0.658. The second kappa shape index (κ2) is 5.31. The van der Waals surface area contributed by atoms with Gasteiger partial charge in [0.25, 0.3) is 0 Å². The highest BCUT2D eigenvalue weighted by Gasteiger charge is 2.38. The second-order valence-corrected chi connectivity index (χ2v) is 4.36. The van der Waals surface area contributed by atoms with E-state index in [0.717, 1.165) is 5.56 Å².